The van der Waals surface area contributed by atoms with Gasteiger partial charge in [-0.2, -0.15) is 0 Å². The lowest BCUT2D eigenvalue weighted by Gasteiger charge is -2.04. The van der Waals surface area contributed by atoms with Crippen LogP contribution >= 0.6 is 11.3 Å². The Hall–Kier alpha value is -1.56. The maximum Gasteiger partial charge on any atom is 0.303 e. The number of ether oxygens (including phenoxy) is 1. The number of aliphatic carboxylic acids is 1. The van der Waals surface area contributed by atoms with Crippen LogP contribution in [0, 0.1) is 0 Å². The minimum atomic E-state index is -0.809. The molecule has 2 N–H and O–H groups in total. The molecule has 0 aliphatic rings. The van der Waals surface area contributed by atoms with Gasteiger partial charge in [-0.05, 0) is 24.3 Å². The first-order valence-corrected chi connectivity index (χ1v) is 6.14. The molecule has 0 aliphatic carbocycles. The second-order valence-electron chi connectivity index (χ2n) is 3.42. The fourth-order valence-corrected chi connectivity index (χ4v) is 2.08. The topological polar surface area (TPSA) is 75.6 Å². The summed E-state index contributed by atoms with van der Waals surface area (Å²) in [5, 5.41) is 13.0. The third-order valence-corrected chi connectivity index (χ3v) is 3.05. The molecule has 17 heavy (non-hydrogen) atoms. The zero-order valence-corrected chi connectivity index (χ0v) is 10.4. The zero-order chi connectivity index (χ0) is 12.7. The Morgan fingerprint density at radius 3 is 2.88 bits per heavy atom. The van der Waals surface area contributed by atoms with Crippen LogP contribution in [0.15, 0.2) is 11.4 Å². The standard InChI is InChI=1S/C11H15NO4S/c1-16-8-5-7-17-10(8)11(15)12-6-3-2-4-9(13)14/h5,7H,2-4,6H2,1H3,(H,12,15)(H,13,14). The van der Waals surface area contributed by atoms with Crippen LogP contribution in [0.3, 0.4) is 0 Å². The first-order chi connectivity index (χ1) is 8.15. The molecule has 0 saturated heterocycles. The largest absolute Gasteiger partial charge is 0.495 e. The van der Waals surface area contributed by atoms with E-state index in [4.69, 9.17) is 9.84 Å². The van der Waals surface area contributed by atoms with Gasteiger partial charge in [0.2, 0.25) is 0 Å². The molecule has 0 aromatic carbocycles. The lowest BCUT2D eigenvalue weighted by Crippen LogP contribution is -2.24. The van der Waals surface area contributed by atoms with Gasteiger partial charge in [-0.25, -0.2) is 0 Å². The van der Waals surface area contributed by atoms with Crippen molar-refractivity contribution in [3.8, 4) is 5.75 Å². The maximum absolute atomic E-state index is 11.7. The molecule has 6 heteroatoms. The minimum absolute atomic E-state index is 0.137. The summed E-state index contributed by atoms with van der Waals surface area (Å²) in [4.78, 5) is 22.5. The van der Waals surface area contributed by atoms with Gasteiger partial charge < -0.3 is 15.2 Å². The Balaban J connectivity index is 2.28. The van der Waals surface area contributed by atoms with Crippen LogP contribution in [0.4, 0.5) is 0 Å². The molecule has 1 aromatic rings. The lowest BCUT2D eigenvalue weighted by atomic mass is 10.2. The van der Waals surface area contributed by atoms with Crippen LogP contribution in [-0.4, -0.2) is 30.6 Å². The fourth-order valence-electron chi connectivity index (χ4n) is 1.31. The molecule has 0 atom stereocenters. The molecular formula is C11H15NO4S. The van der Waals surface area contributed by atoms with Crippen LogP contribution < -0.4 is 10.1 Å². The molecule has 1 amide bonds. The molecule has 1 aromatic heterocycles. The number of carbonyl (C=O) groups is 2. The van der Waals surface area contributed by atoms with Gasteiger partial charge in [0.05, 0.1) is 7.11 Å². The van der Waals surface area contributed by atoms with Crippen molar-refractivity contribution in [3.05, 3.63) is 16.3 Å². The summed E-state index contributed by atoms with van der Waals surface area (Å²) in [7, 11) is 1.52. The fraction of sp³-hybridized carbons (Fsp3) is 0.455. The average molecular weight is 257 g/mol. The van der Waals surface area contributed by atoms with Crippen molar-refractivity contribution in [3.63, 3.8) is 0 Å². The maximum atomic E-state index is 11.7. The lowest BCUT2D eigenvalue weighted by molar-refractivity contribution is -0.137. The van der Waals surface area contributed by atoms with Crippen molar-refractivity contribution in [1.82, 2.24) is 5.32 Å². The van der Waals surface area contributed by atoms with E-state index < -0.39 is 5.97 Å². The van der Waals surface area contributed by atoms with Gasteiger partial charge in [0.25, 0.3) is 5.91 Å². The predicted octanol–water partition coefficient (Wildman–Crippen LogP) is 1.74. The molecule has 0 aliphatic heterocycles. The molecule has 0 spiro atoms. The van der Waals surface area contributed by atoms with Gasteiger partial charge in [-0.15, -0.1) is 11.3 Å². The van der Waals surface area contributed by atoms with E-state index in [1.54, 1.807) is 11.4 Å². The van der Waals surface area contributed by atoms with E-state index >= 15 is 0 Å². The number of rotatable bonds is 7. The summed E-state index contributed by atoms with van der Waals surface area (Å²) in [6.07, 6.45) is 1.36. The zero-order valence-electron chi connectivity index (χ0n) is 9.56. The van der Waals surface area contributed by atoms with E-state index in [2.05, 4.69) is 5.32 Å². The van der Waals surface area contributed by atoms with Crippen LogP contribution in [-0.2, 0) is 4.79 Å². The second-order valence-corrected chi connectivity index (χ2v) is 4.34. The summed E-state index contributed by atoms with van der Waals surface area (Å²) >= 11 is 1.32. The number of methoxy groups -OCH3 is 1. The summed E-state index contributed by atoms with van der Waals surface area (Å²) in [5.74, 6) is -0.415. The second kappa shape index (κ2) is 6.90. The van der Waals surface area contributed by atoms with E-state index in [0.29, 0.717) is 30.0 Å². The summed E-state index contributed by atoms with van der Waals surface area (Å²) in [5.41, 5.74) is 0. The van der Waals surface area contributed by atoms with Gasteiger partial charge in [-0.3, -0.25) is 9.59 Å². The predicted molar refractivity (Wildman–Crippen MR) is 64.7 cm³/mol. The number of hydrogen-bond acceptors (Lipinski definition) is 4. The van der Waals surface area contributed by atoms with Crippen molar-refractivity contribution in [1.29, 1.82) is 0 Å². The molecule has 0 fully saturated rings. The molecule has 0 bridgehead atoms. The number of thiophene rings is 1. The number of carboxylic acids is 1. The number of amides is 1. The quantitative estimate of drug-likeness (QED) is 0.729. The molecule has 0 radical (unpaired) electrons. The first-order valence-electron chi connectivity index (χ1n) is 5.26. The van der Waals surface area contributed by atoms with Crippen LogP contribution in [0.25, 0.3) is 0 Å². The van der Waals surface area contributed by atoms with Gasteiger partial charge in [0.1, 0.15) is 10.6 Å². The summed E-state index contributed by atoms with van der Waals surface area (Å²) < 4.78 is 5.04. The van der Waals surface area contributed by atoms with Crippen molar-refractivity contribution >= 4 is 23.2 Å². The molecule has 1 heterocycles. The van der Waals surface area contributed by atoms with Crippen molar-refractivity contribution in [2.24, 2.45) is 0 Å². The number of carbonyl (C=O) groups excluding carboxylic acids is 1. The average Bonchev–Trinajstić information content (AvgIpc) is 2.75. The monoisotopic (exact) mass is 257 g/mol. The third kappa shape index (κ3) is 4.44. The molecule has 1 rings (SSSR count). The Labute approximate surface area is 103 Å². The van der Waals surface area contributed by atoms with Gasteiger partial charge in [0, 0.05) is 13.0 Å². The summed E-state index contributed by atoms with van der Waals surface area (Å²) in [6.45, 7) is 0.479. The van der Waals surface area contributed by atoms with E-state index in [9.17, 15) is 9.59 Å². The van der Waals surface area contributed by atoms with E-state index in [-0.39, 0.29) is 12.3 Å². The van der Waals surface area contributed by atoms with E-state index in [1.807, 2.05) is 0 Å². The van der Waals surface area contributed by atoms with Crippen molar-refractivity contribution in [2.75, 3.05) is 13.7 Å². The Kier molecular flexibility index (Phi) is 5.48. The Morgan fingerprint density at radius 2 is 2.24 bits per heavy atom. The van der Waals surface area contributed by atoms with Crippen LogP contribution in [0.5, 0.6) is 5.75 Å². The molecule has 0 saturated carbocycles. The normalized spacial score (nSPS) is 9.94. The van der Waals surface area contributed by atoms with Gasteiger partial charge in [0.15, 0.2) is 0 Å². The molecule has 5 nitrogen and oxygen atoms in total. The Bertz CT molecular complexity index is 389. The number of carboxylic acid groups (broad SMARTS) is 1. The van der Waals surface area contributed by atoms with E-state index in [1.165, 1.54) is 18.4 Å². The molecule has 94 valence electrons. The van der Waals surface area contributed by atoms with E-state index in [0.717, 1.165) is 0 Å². The van der Waals surface area contributed by atoms with Crippen LogP contribution in [0.1, 0.15) is 28.9 Å². The Morgan fingerprint density at radius 1 is 1.47 bits per heavy atom. The van der Waals surface area contributed by atoms with Crippen molar-refractivity contribution in [2.45, 2.75) is 19.3 Å². The number of hydrogen-bond donors (Lipinski definition) is 2. The number of nitrogens with one attached hydrogen (secondary N) is 1. The first kappa shape index (κ1) is 13.5. The highest BCUT2D eigenvalue weighted by Crippen LogP contribution is 2.23. The van der Waals surface area contributed by atoms with Crippen LogP contribution in [0.2, 0.25) is 0 Å². The smallest absolute Gasteiger partial charge is 0.303 e. The minimum Gasteiger partial charge on any atom is -0.495 e. The molecular weight excluding hydrogens is 242 g/mol. The van der Waals surface area contributed by atoms with Gasteiger partial charge in [-0.1, -0.05) is 0 Å². The SMILES string of the molecule is COc1ccsc1C(=O)NCCCCC(=O)O. The third-order valence-electron chi connectivity index (χ3n) is 2.16. The summed E-state index contributed by atoms with van der Waals surface area (Å²) in [6, 6.07) is 1.74. The highest BCUT2D eigenvalue weighted by molar-refractivity contribution is 7.12. The highest BCUT2D eigenvalue weighted by atomic mass is 32.1. The number of unbranched alkanes of at least 4 members (excludes halogenated alkanes) is 1. The highest BCUT2D eigenvalue weighted by Gasteiger charge is 2.12. The van der Waals surface area contributed by atoms with Crippen molar-refractivity contribution < 1.29 is 19.4 Å². The van der Waals surface area contributed by atoms with Gasteiger partial charge >= 0.3 is 5.97 Å². The molecule has 0 unspecified atom stereocenters.